The van der Waals surface area contributed by atoms with Crippen LogP contribution in [0.1, 0.15) is 19.4 Å². The predicted molar refractivity (Wildman–Crippen MR) is 131 cm³/mol. The molecule has 0 N–H and O–H groups in total. The highest BCUT2D eigenvalue weighted by Crippen LogP contribution is 2.33. The highest BCUT2D eigenvalue weighted by Gasteiger charge is 2.22. The van der Waals surface area contributed by atoms with Crippen molar-refractivity contribution in [3.8, 4) is 5.75 Å². The number of halogens is 2. The van der Waals surface area contributed by atoms with E-state index in [1.165, 1.54) is 30.3 Å². The average Bonchev–Trinajstić information content (AvgIpc) is 2.79. The molecule has 0 spiro atoms. The number of ether oxygens (including phenoxy) is 1. The van der Waals surface area contributed by atoms with Gasteiger partial charge in [-0.1, -0.05) is 23.7 Å². The highest BCUT2D eigenvalue weighted by atomic mass is 35.5. The van der Waals surface area contributed by atoms with E-state index in [0.717, 1.165) is 17.3 Å². The Morgan fingerprint density at radius 1 is 1.11 bits per heavy atom. The lowest BCUT2D eigenvalue weighted by atomic mass is 10.1. The number of nitro groups is 1. The van der Waals surface area contributed by atoms with Crippen LogP contribution in [0, 0.1) is 17.0 Å². The molecule has 0 amide bonds. The van der Waals surface area contributed by atoms with Crippen LogP contribution >= 0.6 is 11.6 Å². The molecule has 3 aromatic carbocycles. The Morgan fingerprint density at radius 3 is 2.37 bits per heavy atom. The van der Waals surface area contributed by atoms with Gasteiger partial charge >= 0.3 is 10.2 Å². The zero-order valence-electron chi connectivity index (χ0n) is 19.1. The van der Waals surface area contributed by atoms with E-state index < -0.39 is 26.3 Å². The third-order valence-electron chi connectivity index (χ3n) is 5.11. The molecule has 9 nitrogen and oxygen atoms in total. The van der Waals surface area contributed by atoms with Crippen molar-refractivity contribution in [1.82, 2.24) is 0 Å². The Balaban J connectivity index is 1.81. The van der Waals surface area contributed by atoms with E-state index in [-0.39, 0.29) is 16.5 Å². The van der Waals surface area contributed by atoms with Gasteiger partial charge in [0.1, 0.15) is 16.3 Å². The molecule has 0 radical (unpaired) electrons. The van der Waals surface area contributed by atoms with E-state index in [1.807, 2.05) is 24.8 Å². The predicted octanol–water partition coefficient (Wildman–Crippen LogP) is 6.88. The Bertz CT molecular complexity index is 1380. The molecule has 0 fully saturated rings. The topological polar surface area (TPSA) is 114 Å². The van der Waals surface area contributed by atoms with E-state index in [0.29, 0.717) is 17.9 Å². The third-order valence-corrected chi connectivity index (χ3v) is 6.27. The van der Waals surface area contributed by atoms with Gasteiger partial charge < -0.3 is 9.64 Å². The molecule has 0 aliphatic carbocycles. The summed E-state index contributed by atoms with van der Waals surface area (Å²) in [6, 6.07) is 14.8. The Morgan fingerprint density at radius 2 is 1.77 bits per heavy atom. The van der Waals surface area contributed by atoms with Crippen LogP contribution in [-0.2, 0) is 10.2 Å². The molecular weight excluding hydrogens is 499 g/mol. The van der Waals surface area contributed by atoms with Crippen LogP contribution in [0.5, 0.6) is 5.75 Å². The van der Waals surface area contributed by atoms with Crippen molar-refractivity contribution in [2.75, 3.05) is 11.4 Å². The van der Waals surface area contributed by atoms with Crippen molar-refractivity contribution >= 4 is 44.6 Å². The van der Waals surface area contributed by atoms with Crippen molar-refractivity contribution in [2.45, 2.75) is 31.9 Å². The van der Waals surface area contributed by atoms with E-state index >= 15 is 0 Å². The van der Waals surface area contributed by atoms with Crippen LogP contribution in [-0.4, -0.2) is 26.1 Å². The van der Waals surface area contributed by atoms with Gasteiger partial charge in [0.05, 0.1) is 15.6 Å². The molecule has 184 valence electrons. The summed E-state index contributed by atoms with van der Waals surface area (Å²) in [6.45, 7) is 5.98. The van der Waals surface area contributed by atoms with E-state index in [2.05, 4.69) is 10.2 Å². The maximum Gasteiger partial charge on any atom is 0.335 e. The van der Waals surface area contributed by atoms with Crippen LogP contribution in [0.25, 0.3) is 0 Å². The summed E-state index contributed by atoms with van der Waals surface area (Å²) in [5, 5.41) is 19.3. The molecule has 0 saturated carbocycles. The maximum atomic E-state index is 13.6. The normalized spacial score (nSPS) is 12.5. The zero-order chi connectivity index (χ0) is 25.8. The summed E-state index contributed by atoms with van der Waals surface area (Å²) < 4.78 is 42.3. The number of non-ortho nitro benzene ring substituents is 1. The van der Waals surface area contributed by atoms with Crippen LogP contribution in [0.2, 0.25) is 5.02 Å². The van der Waals surface area contributed by atoms with Gasteiger partial charge in [0.15, 0.2) is 6.23 Å². The number of hydrogen-bond acceptors (Lipinski definition) is 8. The second-order valence-electron chi connectivity index (χ2n) is 7.45. The second-order valence-corrected chi connectivity index (χ2v) is 9.17. The van der Waals surface area contributed by atoms with Crippen molar-refractivity contribution in [1.29, 1.82) is 0 Å². The summed E-state index contributed by atoms with van der Waals surface area (Å²) in [7, 11) is -4.94. The number of nitro benzene ring substituents is 1. The van der Waals surface area contributed by atoms with Gasteiger partial charge in [-0.3, -0.25) is 10.1 Å². The molecule has 0 heterocycles. The molecule has 12 heteroatoms. The lowest BCUT2D eigenvalue weighted by Gasteiger charge is -2.31. The minimum atomic E-state index is -4.94. The number of anilines is 1. The van der Waals surface area contributed by atoms with Crippen molar-refractivity contribution in [2.24, 2.45) is 10.2 Å². The lowest BCUT2D eigenvalue weighted by molar-refractivity contribution is -0.384. The van der Waals surface area contributed by atoms with Crippen LogP contribution < -0.4 is 9.64 Å². The smallest absolute Gasteiger partial charge is 0.335 e. The fraction of sp³-hybridized carbons (Fsp3) is 0.217. The summed E-state index contributed by atoms with van der Waals surface area (Å²) >= 11 is 6.07. The molecule has 0 aliphatic rings. The van der Waals surface area contributed by atoms with Gasteiger partial charge in [-0.2, -0.15) is 13.5 Å². The van der Waals surface area contributed by atoms with Gasteiger partial charge in [-0.05, 0) is 62.7 Å². The molecule has 35 heavy (non-hydrogen) atoms. The van der Waals surface area contributed by atoms with Crippen LogP contribution in [0.15, 0.2) is 75.8 Å². The monoisotopic (exact) mass is 520 g/mol. The summed E-state index contributed by atoms with van der Waals surface area (Å²) in [6.07, 6.45) is -0.617. The zero-order valence-corrected chi connectivity index (χ0v) is 20.6. The van der Waals surface area contributed by atoms with Gasteiger partial charge in [-0.25, -0.2) is 0 Å². The molecule has 1 atom stereocenters. The lowest BCUT2D eigenvalue weighted by Crippen LogP contribution is -2.37. The summed E-state index contributed by atoms with van der Waals surface area (Å²) in [5.74, 6) is -0.0805. The number of benzene rings is 3. The molecule has 1 unspecified atom stereocenters. The van der Waals surface area contributed by atoms with E-state index in [1.54, 1.807) is 25.1 Å². The van der Waals surface area contributed by atoms with Gasteiger partial charge in [0.25, 0.3) is 5.69 Å². The number of azo groups is 1. The SMILES string of the molecule is CCN(c1ccc(/N=N/c2ccc([N+](=O)[O-])cc2Cl)c(C)c1)C(C)Oc1ccccc1S(=O)(=O)F. The van der Waals surface area contributed by atoms with Crippen LogP contribution in [0.4, 0.5) is 26.6 Å². The number of nitrogens with zero attached hydrogens (tertiary/aromatic N) is 4. The maximum absolute atomic E-state index is 13.6. The molecule has 0 saturated heterocycles. The molecule has 0 aromatic heterocycles. The number of hydrogen-bond donors (Lipinski definition) is 0. The Kier molecular flexibility index (Phi) is 8.03. The average molecular weight is 521 g/mol. The van der Waals surface area contributed by atoms with Gasteiger partial charge in [-0.15, -0.1) is 9.00 Å². The van der Waals surface area contributed by atoms with E-state index in [4.69, 9.17) is 16.3 Å². The van der Waals surface area contributed by atoms with Crippen molar-refractivity contribution in [3.05, 3.63) is 81.4 Å². The van der Waals surface area contributed by atoms with Gasteiger partial charge in [0.2, 0.25) is 0 Å². The number of rotatable bonds is 9. The van der Waals surface area contributed by atoms with E-state index in [9.17, 15) is 22.4 Å². The first-order valence-corrected chi connectivity index (χ1v) is 12.2. The quantitative estimate of drug-likeness (QED) is 0.0998. The molecule has 0 bridgehead atoms. The van der Waals surface area contributed by atoms with Crippen LogP contribution in [0.3, 0.4) is 0 Å². The van der Waals surface area contributed by atoms with Crippen molar-refractivity contribution in [3.63, 3.8) is 0 Å². The second kappa shape index (κ2) is 10.8. The molecule has 0 aliphatic heterocycles. The number of aryl methyl sites for hydroxylation is 1. The summed E-state index contributed by atoms with van der Waals surface area (Å²) in [4.78, 5) is 11.6. The van der Waals surface area contributed by atoms with Gasteiger partial charge in [0, 0.05) is 24.4 Å². The molecular formula is C23H22ClFN4O5S. The standard InChI is InChI=1S/C23H22ClFN4O5S/c1-4-28(16(3)34-22-7-5-6-8-23(22)35(25,32)33)17-9-11-20(15(2)13-17)26-27-21-12-10-18(29(30)31)14-19(21)24/h5-14,16H,4H2,1-3H3/b27-26+. The fourth-order valence-electron chi connectivity index (χ4n) is 3.37. The first-order chi connectivity index (χ1) is 16.5. The Hall–Kier alpha value is -3.57. The minimum Gasteiger partial charge on any atom is -0.469 e. The molecule has 3 aromatic rings. The first-order valence-electron chi connectivity index (χ1n) is 10.4. The third kappa shape index (κ3) is 6.31. The molecule has 3 rings (SSSR count). The summed E-state index contributed by atoms with van der Waals surface area (Å²) in [5.41, 5.74) is 2.25. The first kappa shape index (κ1) is 26.0. The highest BCUT2D eigenvalue weighted by molar-refractivity contribution is 7.86. The largest absolute Gasteiger partial charge is 0.469 e. The van der Waals surface area contributed by atoms with Crippen molar-refractivity contribution < 1.29 is 22.0 Å². The minimum absolute atomic E-state index is 0.0805. The Labute approximate surface area is 207 Å². The fourth-order valence-corrected chi connectivity index (χ4v) is 4.18. The number of para-hydroxylation sites is 1.